The standard InChI is InChI=1S/C10H18N4O3S/c1-2-14-7-9(10(11)13-14)18(15,16)12-6-8-4-3-5-17-8/h7-8,12H,2-6H2,1H3,(H2,11,13). The molecule has 0 saturated carbocycles. The van der Waals surface area contributed by atoms with Crippen molar-refractivity contribution in [2.24, 2.45) is 0 Å². The molecule has 18 heavy (non-hydrogen) atoms. The van der Waals surface area contributed by atoms with E-state index in [9.17, 15) is 8.42 Å². The number of aryl methyl sites for hydroxylation is 1. The molecule has 8 heteroatoms. The molecule has 1 aromatic rings. The Kier molecular flexibility index (Phi) is 3.88. The highest BCUT2D eigenvalue weighted by Gasteiger charge is 2.23. The maximum absolute atomic E-state index is 12.0. The topological polar surface area (TPSA) is 99.2 Å². The van der Waals surface area contributed by atoms with Crippen LogP contribution in [0.5, 0.6) is 0 Å². The quantitative estimate of drug-likeness (QED) is 0.784. The fourth-order valence-electron chi connectivity index (χ4n) is 1.87. The number of hydrogen-bond donors (Lipinski definition) is 2. The van der Waals surface area contributed by atoms with Crippen molar-refractivity contribution in [2.75, 3.05) is 18.9 Å². The number of rotatable bonds is 5. The Labute approximate surface area is 106 Å². The number of nitrogens with two attached hydrogens (primary N) is 1. The van der Waals surface area contributed by atoms with E-state index in [1.807, 2.05) is 6.92 Å². The van der Waals surface area contributed by atoms with Crippen molar-refractivity contribution in [3.8, 4) is 0 Å². The summed E-state index contributed by atoms with van der Waals surface area (Å²) in [6, 6.07) is 0. The van der Waals surface area contributed by atoms with Crippen LogP contribution >= 0.6 is 0 Å². The smallest absolute Gasteiger partial charge is 0.245 e. The van der Waals surface area contributed by atoms with Gasteiger partial charge in [-0.05, 0) is 19.8 Å². The number of nitrogen functional groups attached to an aromatic ring is 1. The third kappa shape index (κ3) is 2.82. The molecule has 1 aromatic heterocycles. The second-order valence-corrected chi connectivity index (χ2v) is 5.96. The van der Waals surface area contributed by atoms with Gasteiger partial charge in [-0.15, -0.1) is 0 Å². The molecule has 2 heterocycles. The highest BCUT2D eigenvalue weighted by atomic mass is 32.2. The van der Waals surface area contributed by atoms with Crippen molar-refractivity contribution in [1.82, 2.24) is 14.5 Å². The van der Waals surface area contributed by atoms with Gasteiger partial charge in [-0.3, -0.25) is 4.68 Å². The minimum absolute atomic E-state index is 0.0247. The van der Waals surface area contributed by atoms with Crippen LogP contribution in [0.15, 0.2) is 11.1 Å². The molecule has 3 N–H and O–H groups in total. The van der Waals surface area contributed by atoms with E-state index in [1.165, 1.54) is 10.9 Å². The highest BCUT2D eigenvalue weighted by molar-refractivity contribution is 7.89. The molecule has 1 aliphatic heterocycles. The third-order valence-electron chi connectivity index (χ3n) is 2.89. The molecule has 0 bridgehead atoms. The molecule has 102 valence electrons. The van der Waals surface area contributed by atoms with Crippen molar-refractivity contribution < 1.29 is 13.2 Å². The number of anilines is 1. The van der Waals surface area contributed by atoms with Gasteiger partial charge in [0.2, 0.25) is 10.0 Å². The first-order valence-corrected chi connectivity index (χ1v) is 7.45. The molecule has 1 unspecified atom stereocenters. The van der Waals surface area contributed by atoms with Crippen LogP contribution in [0, 0.1) is 0 Å². The molecule has 0 aliphatic carbocycles. The SMILES string of the molecule is CCn1cc(S(=O)(=O)NCC2CCCO2)c(N)n1. The number of nitrogens with one attached hydrogen (secondary N) is 1. The van der Waals surface area contributed by atoms with Gasteiger partial charge in [0.05, 0.1) is 6.10 Å². The fourth-order valence-corrected chi connectivity index (χ4v) is 3.01. The van der Waals surface area contributed by atoms with Crippen LogP contribution in [0.3, 0.4) is 0 Å². The Bertz CT molecular complexity index is 505. The summed E-state index contributed by atoms with van der Waals surface area (Å²) in [6.45, 7) is 3.41. The maximum Gasteiger partial charge on any atom is 0.245 e. The van der Waals surface area contributed by atoms with Crippen LogP contribution in [0.2, 0.25) is 0 Å². The van der Waals surface area contributed by atoms with E-state index in [2.05, 4.69) is 9.82 Å². The molecule has 1 saturated heterocycles. The molecule has 0 aromatic carbocycles. The molecule has 1 fully saturated rings. The third-order valence-corrected chi connectivity index (χ3v) is 4.33. The predicted molar refractivity (Wildman–Crippen MR) is 66.5 cm³/mol. The van der Waals surface area contributed by atoms with Crippen molar-refractivity contribution in [2.45, 2.75) is 37.3 Å². The summed E-state index contributed by atoms with van der Waals surface area (Å²) in [5.74, 6) is 0.0247. The first-order valence-electron chi connectivity index (χ1n) is 5.97. The lowest BCUT2D eigenvalue weighted by Gasteiger charge is -2.10. The van der Waals surface area contributed by atoms with E-state index in [0.717, 1.165) is 12.8 Å². The Morgan fingerprint density at radius 3 is 3.00 bits per heavy atom. The summed E-state index contributed by atoms with van der Waals surface area (Å²) in [4.78, 5) is 0.0300. The second-order valence-electron chi connectivity index (χ2n) is 4.22. The Hall–Kier alpha value is -1.12. The fraction of sp³-hybridized carbons (Fsp3) is 0.700. The molecule has 0 amide bonds. The molecule has 2 rings (SSSR count). The summed E-state index contributed by atoms with van der Waals surface area (Å²) in [6.07, 6.45) is 3.25. The average molecular weight is 274 g/mol. The molecule has 1 atom stereocenters. The van der Waals surface area contributed by atoms with Gasteiger partial charge >= 0.3 is 0 Å². The van der Waals surface area contributed by atoms with Gasteiger partial charge in [-0.2, -0.15) is 5.10 Å². The largest absolute Gasteiger partial charge is 0.381 e. The van der Waals surface area contributed by atoms with E-state index < -0.39 is 10.0 Å². The van der Waals surface area contributed by atoms with Crippen LogP contribution < -0.4 is 10.5 Å². The van der Waals surface area contributed by atoms with E-state index in [4.69, 9.17) is 10.5 Å². The lowest BCUT2D eigenvalue weighted by atomic mass is 10.2. The van der Waals surface area contributed by atoms with Crippen LogP contribution in [0.4, 0.5) is 5.82 Å². The van der Waals surface area contributed by atoms with Gasteiger partial charge in [-0.1, -0.05) is 0 Å². The molecular weight excluding hydrogens is 256 g/mol. The van der Waals surface area contributed by atoms with Gasteiger partial charge in [-0.25, -0.2) is 13.1 Å². The van der Waals surface area contributed by atoms with Crippen molar-refractivity contribution >= 4 is 15.8 Å². The number of nitrogens with zero attached hydrogens (tertiary/aromatic N) is 2. The minimum Gasteiger partial charge on any atom is -0.381 e. The predicted octanol–water partition coefficient (Wildman–Crippen LogP) is -0.0575. The van der Waals surface area contributed by atoms with E-state index in [1.54, 1.807) is 0 Å². The van der Waals surface area contributed by atoms with Gasteiger partial charge in [0.25, 0.3) is 0 Å². The lowest BCUT2D eigenvalue weighted by molar-refractivity contribution is 0.114. The Morgan fingerprint density at radius 1 is 1.67 bits per heavy atom. The van der Waals surface area contributed by atoms with E-state index in [0.29, 0.717) is 13.2 Å². The van der Waals surface area contributed by atoms with Gasteiger partial charge in [0, 0.05) is 25.9 Å². The van der Waals surface area contributed by atoms with Gasteiger partial charge < -0.3 is 10.5 Å². The Balaban J connectivity index is 2.06. The summed E-state index contributed by atoms with van der Waals surface area (Å²) in [5.41, 5.74) is 5.60. The molecule has 0 radical (unpaired) electrons. The molecule has 1 aliphatic rings. The summed E-state index contributed by atoms with van der Waals surface area (Å²) in [7, 11) is -3.61. The number of sulfonamides is 1. The monoisotopic (exact) mass is 274 g/mol. The normalized spacial score (nSPS) is 20.4. The Morgan fingerprint density at radius 2 is 2.44 bits per heavy atom. The zero-order valence-electron chi connectivity index (χ0n) is 10.3. The highest BCUT2D eigenvalue weighted by Crippen LogP contribution is 2.17. The number of ether oxygens (including phenoxy) is 1. The zero-order chi connectivity index (χ0) is 13.2. The lowest BCUT2D eigenvalue weighted by Crippen LogP contribution is -2.32. The van der Waals surface area contributed by atoms with E-state index in [-0.39, 0.29) is 23.4 Å². The van der Waals surface area contributed by atoms with Crippen molar-refractivity contribution in [3.63, 3.8) is 0 Å². The summed E-state index contributed by atoms with van der Waals surface area (Å²) < 4.78 is 33.4. The van der Waals surface area contributed by atoms with Crippen molar-refractivity contribution in [1.29, 1.82) is 0 Å². The summed E-state index contributed by atoms with van der Waals surface area (Å²) in [5, 5.41) is 3.92. The van der Waals surface area contributed by atoms with Gasteiger partial charge in [0.15, 0.2) is 5.82 Å². The van der Waals surface area contributed by atoms with E-state index >= 15 is 0 Å². The summed E-state index contributed by atoms with van der Waals surface area (Å²) >= 11 is 0. The van der Waals surface area contributed by atoms with Crippen LogP contribution in [-0.4, -0.2) is 37.5 Å². The first kappa shape index (κ1) is 13.3. The first-order chi connectivity index (χ1) is 8.53. The molecule has 0 spiro atoms. The molecular formula is C10H18N4O3S. The van der Waals surface area contributed by atoms with Crippen molar-refractivity contribution in [3.05, 3.63) is 6.20 Å². The number of aromatic nitrogens is 2. The zero-order valence-corrected chi connectivity index (χ0v) is 11.1. The van der Waals surface area contributed by atoms with Crippen LogP contribution in [0.25, 0.3) is 0 Å². The molecule has 7 nitrogen and oxygen atoms in total. The van der Waals surface area contributed by atoms with Crippen LogP contribution in [-0.2, 0) is 21.3 Å². The minimum atomic E-state index is -3.61. The van der Waals surface area contributed by atoms with Crippen LogP contribution in [0.1, 0.15) is 19.8 Å². The average Bonchev–Trinajstić information content (AvgIpc) is 2.95. The number of hydrogen-bond acceptors (Lipinski definition) is 5. The van der Waals surface area contributed by atoms with Gasteiger partial charge in [0.1, 0.15) is 4.90 Å². The maximum atomic E-state index is 12.0. The second kappa shape index (κ2) is 5.25.